The second-order valence-corrected chi connectivity index (χ2v) is 4.21. The van der Waals surface area contributed by atoms with Gasteiger partial charge in [0, 0.05) is 38.7 Å². The zero-order chi connectivity index (χ0) is 11.1. The topological polar surface area (TPSA) is 41.6 Å². The van der Waals surface area contributed by atoms with Gasteiger partial charge < -0.3 is 15.0 Å². The van der Waals surface area contributed by atoms with Crippen molar-refractivity contribution in [3.05, 3.63) is 0 Å². The number of nitrogens with one attached hydrogen (secondary N) is 1. The fourth-order valence-electron chi connectivity index (χ4n) is 1.62. The van der Waals surface area contributed by atoms with Crippen molar-refractivity contribution >= 4 is 5.91 Å². The summed E-state index contributed by atoms with van der Waals surface area (Å²) in [6, 6.07) is 0.449. The van der Waals surface area contributed by atoms with Crippen LogP contribution in [0.15, 0.2) is 0 Å². The van der Waals surface area contributed by atoms with Crippen molar-refractivity contribution in [2.45, 2.75) is 32.7 Å². The molecule has 1 saturated heterocycles. The van der Waals surface area contributed by atoms with Crippen LogP contribution in [-0.4, -0.2) is 49.7 Å². The maximum Gasteiger partial charge on any atom is 0.223 e. The SMILES string of the molecule is CC(C)NCCC(=O)N1CCCOCC1. The molecule has 0 saturated carbocycles. The zero-order valence-corrected chi connectivity index (χ0v) is 9.79. The van der Waals surface area contributed by atoms with Crippen LogP contribution in [0.5, 0.6) is 0 Å². The molecule has 1 aliphatic rings. The van der Waals surface area contributed by atoms with Crippen molar-refractivity contribution in [2.24, 2.45) is 0 Å². The van der Waals surface area contributed by atoms with E-state index in [-0.39, 0.29) is 5.91 Å². The molecule has 0 aromatic heterocycles. The summed E-state index contributed by atoms with van der Waals surface area (Å²) in [5, 5.41) is 3.25. The number of carbonyl (C=O) groups excluding carboxylic acids is 1. The lowest BCUT2D eigenvalue weighted by Crippen LogP contribution is -2.36. The van der Waals surface area contributed by atoms with Gasteiger partial charge in [0.15, 0.2) is 0 Å². The molecule has 88 valence electrons. The van der Waals surface area contributed by atoms with Crippen LogP contribution >= 0.6 is 0 Å². The van der Waals surface area contributed by atoms with Gasteiger partial charge in [-0.1, -0.05) is 13.8 Å². The van der Waals surface area contributed by atoms with Gasteiger partial charge in [-0.05, 0) is 6.42 Å². The summed E-state index contributed by atoms with van der Waals surface area (Å²) >= 11 is 0. The summed E-state index contributed by atoms with van der Waals surface area (Å²) < 4.78 is 5.31. The first-order valence-electron chi connectivity index (χ1n) is 5.79. The number of rotatable bonds is 4. The van der Waals surface area contributed by atoms with E-state index in [9.17, 15) is 4.79 Å². The van der Waals surface area contributed by atoms with Gasteiger partial charge in [0.05, 0.1) is 6.61 Å². The number of ether oxygens (including phenoxy) is 1. The van der Waals surface area contributed by atoms with Gasteiger partial charge >= 0.3 is 0 Å². The van der Waals surface area contributed by atoms with Crippen LogP contribution in [0.2, 0.25) is 0 Å². The Morgan fingerprint density at radius 1 is 1.40 bits per heavy atom. The molecule has 4 nitrogen and oxygen atoms in total. The minimum Gasteiger partial charge on any atom is -0.380 e. The highest BCUT2D eigenvalue weighted by atomic mass is 16.5. The fourth-order valence-corrected chi connectivity index (χ4v) is 1.62. The third-order valence-corrected chi connectivity index (χ3v) is 2.47. The molecule has 1 rings (SSSR count). The van der Waals surface area contributed by atoms with Crippen molar-refractivity contribution in [3.63, 3.8) is 0 Å². The smallest absolute Gasteiger partial charge is 0.223 e. The molecule has 0 radical (unpaired) electrons. The molecule has 0 atom stereocenters. The summed E-state index contributed by atoms with van der Waals surface area (Å²) in [6.07, 6.45) is 1.56. The van der Waals surface area contributed by atoms with Crippen LogP contribution in [0.25, 0.3) is 0 Å². The molecule has 0 spiro atoms. The number of nitrogens with zero attached hydrogens (tertiary/aromatic N) is 1. The molecule has 4 heteroatoms. The number of hydrogen-bond donors (Lipinski definition) is 1. The standard InChI is InChI=1S/C11H22N2O2/c1-10(2)12-5-4-11(14)13-6-3-8-15-9-7-13/h10,12H,3-9H2,1-2H3. The Labute approximate surface area is 92.0 Å². The molecule has 0 aromatic carbocycles. The average Bonchev–Trinajstić information content (AvgIpc) is 2.44. The predicted molar refractivity (Wildman–Crippen MR) is 59.8 cm³/mol. The lowest BCUT2D eigenvalue weighted by molar-refractivity contribution is -0.131. The van der Waals surface area contributed by atoms with Crippen LogP contribution in [0.3, 0.4) is 0 Å². The van der Waals surface area contributed by atoms with Crippen LogP contribution in [0.1, 0.15) is 26.7 Å². The lowest BCUT2D eigenvalue weighted by Gasteiger charge is -2.19. The van der Waals surface area contributed by atoms with E-state index in [4.69, 9.17) is 4.74 Å². The molecule has 15 heavy (non-hydrogen) atoms. The molecule has 0 unspecified atom stereocenters. The van der Waals surface area contributed by atoms with E-state index in [1.807, 2.05) is 4.90 Å². The van der Waals surface area contributed by atoms with E-state index in [0.29, 0.717) is 19.1 Å². The second-order valence-electron chi connectivity index (χ2n) is 4.21. The van der Waals surface area contributed by atoms with Crippen molar-refractivity contribution in [3.8, 4) is 0 Å². The average molecular weight is 214 g/mol. The third kappa shape index (κ3) is 5.14. The molecule has 0 aliphatic carbocycles. The highest BCUT2D eigenvalue weighted by molar-refractivity contribution is 5.76. The number of amides is 1. The summed E-state index contributed by atoms with van der Waals surface area (Å²) in [6.45, 7) is 8.01. The number of carbonyl (C=O) groups is 1. The van der Waals surface area contributed by atoms with Gasteiger partial charge in [-0.25, -0.2) is 0 Å². The van der Waals surface area contributed by atoms with Gasteiger partial charge in [-0.15, -0.1) is 0 Å². The Balaban J connectivity index is 2.19. The van der Waals surface area contributed by atoms with Crippen LogP contribution in [0, 0.1) is 0 Å². The van der Waals surface area contributed by atoms with Gasteiger partial charge in [-0.2, -0.15) is 0 Å². The van der Waals surface area contributed by atoms with E-state index in [1.54, 1.807) is 0 Å². The summed E-state index contributed by atoms with van der Waals surface area (Å²) in [4.78, 5) is 13.7. The van der Waals surface area contributed by atoms with Crippen LogP contribution in [-0.2, 0) is 9.53 Å². The minimum atomic E-state index is 0.244. The Bertz CT molecular complexity index is 187. The van der Waals surface area contributed by atoms with E-state index < -0.39 is 0 Å². The molecule has 0 aromatic rings. The van der Waals surface area contributed by atoms with Crippen molar-refractivity contribution in [2.75, 3.05) is 32.8 Å². The lowest BCUT2D eigenvalue weighted by atomic mass is 10.3. The van der Waals surface area contributed by atoms with Crippen LogP contribution in [0.4, 0.5) is 0 Å². The highest BCUT2D eigenvalue weighted by Gasteiger charge is 2.14. The summed E-state index contributed by atoms with van der Waals surface area (Å²) in [5.74, 6) is 0.244. The van der Waals surface area contributed by atoms with Crippen LogP contribution < -0.4 is 5.32 Å². The minimum absolute atomic E-state index is 0.244. The van der Waals surface area contributed by atoms with Gasteiger partial charge in [-0.3, -0.25) is 4.79 Å². The molecule has 1 heterocycles. The molecule has 0 bridgehead atoms. The summed E-state index contributed by atoms with van der Waals surface area (Å²) in [5.41, 5.74) is 0. The van der Waals surface area contributed by atoms with E-state index in [1.165, 1.54) is 0 Å². The predicted octanol–water partition coefficient (Wildman–Crippen LogP) is 0.623. The zero-order valence-electron chi connectivity index (χ0n) is 9.79. The third-order valence-electron chi connectivity index (χ3n) is 2.47. The first-order chi connectivity index (χ1) is 7.20. The van der Waals surface area contributed by atoms with E-state index in [0.717, 1.165) is 32.7 Å². The Morgan fingerprint density at radius 3 is 2.93 bits per heavy atom. The van der Waals surface area contributed by atoms with Crippen molar-refractivity contribution in [1.82, 2.24) is 10.2 Å². The van der Waals surface area contributed by atoms with Crippen molar-refractivity contribution in [1.29, 1.82) is 0 Å². The molecular formula is C11H22N2O2. The maximum atomic E-state index is 11.8. The molecule has 1 fully saturated rings. The first-order valence-corrected chi connectivity index (χ1v) is 5.79. The summed E-state index contributed by atoms with van der Waals surface area (Å²) in [7, 11) is 0. The molecule has 1 N–H and O–H groups in total. The van der Waals surface area contributed by atoms with E-state index in [2.05, 4.69) is 19.2 Å². The Morgan fingerprint density at radius 2 is 2.20 bits per heavy atom. The van der Waals surface area contributed by atoms with Gasteiger partial charge in [0.1, 0.15) is 0 Å². The Hall–Kier alpha value is -0.610. The largest absolute Gasteiger partial charge is 0.380 e. The number of hydrogen-bond acceptors (Lipinski definition) is 3. The molecular weight excluding hydrogens is 192 g/mol. The first kappa shape index (κ1) is 12.5. The molecule has 1 aliphatic heterocycles. The van der Waals surface area contributed by atoms with Gasteiger partial charge in [0.25, 0.3) is 0 Å². The van der Waals surface area contributed by atoms with E-state index >= 15 is 0 Å². The fraction of sp³-hybridized carbons (Fsp3) is 0.909. The van der Waals surface area contributed by atoms with Gasteiger partial charge in [0.2, 0.25) is 5.91 Å². The highest BCUT2D eigenvalue weighted by Crippen LogP contribution is 2.01. The quantitative estimate of drug-likeness (QED) is 0.746. The second kappa shape index (κ2) is 6.80. The maximum absolute atomic E-state index is 11.8. The normalized spacial score (nSPS) is 17.9. The van der Waals surface area contributed by atoms with Crippen molar-refractivity contribution < 1.29 is 9.53 Å². The Kier molecular flexibility index (Phi) is 5.65. The monoisotopic (exact) mass is 214 g/mol. The molecule has 1 amide bonds.